The van der Waals surface area contributed by atoms with Crippen LogP contribution in [0.25, 0.3) is 33.2 Å². The molecule has 8 heterocycles. The molecule has 2 aromatic carbocycles. The normalized spacial score (nSPS) is 13.9. The average Bonchev–Trinajstić information content (AvgIpc) is 3.83. The molecule has 22 heteroatoms. The predicted molar refractivity (Wildman–Crippen MR) is 231 cm³/mol. The number of rotatable bonds is 4. The Hall–Kier alpha value is -7.81. The maximum Gasteiger partial charge on any atom is 0.433 e. The van der Waals surface area contributed by atoms with Crippen molar-refractivity contribution in [3.05, 3.63) is 138 Å². The first kappa shape index (κ1) is 44.8. The van der Waals surface area contributed by atoms with Crippen molar-refractivity contribution in [3.8, 4) is 23.1 Å². The monoisotopic (exact) mass is 929 g/mol. The second kappa shape index (κ2) is 18.0. The second-order valence-corrected chi connectivity index (χ2v) is 14.4. The fourth-order valence-corrected chi connectivity index (χ4v) is 7.41. The van der Waals surface area contributed by atoms with Crippen LogP contribution in [0.3, 0.4) is 0 Å². The Balaban J connectivity index is 0.000000173. The minimum atomic E-state index is -4.50. The summed E-state index contributed by atoms with van der Waals surface area (Å²) in [6.45, 7) is 5.01. The zero-order valence-corrected chi connectivity index (χ0v) is 35.3. The highest BCUT2D eigenvalue weighted by molar-refractivity contribution is 6.33. The highest BCUT2D eigenvalue weighted by Crippen LogP contribution is 2.34. The largest absolute Gasteiger partial charge is 0.475 e. The van der Waals surface area contributed by atoms with E-state index in [1.807, 2.05) is 26.0 Å². The first-order chi connectivity index (χ1) is 31.7. The molecular formula is C44H34ClF6N11O4. The molecule has 0 aliphatic carbocycles. The van der Waals surface area contributed by atoms with Gasteiger partial charge in [0.2, 0.25) is 11.8 Å². The lowest BCUT2D eigenvalue weighted by Gasteiger charge is -2.20. The third-order valence-electron chi connectivity index (χ3n) is 10.2. The van der Waals surface area contributed by atoms with Gasteiger partial charge in [0.25, 0.3) is 11.8 Å². The van der Waals surface area contributed by atoms with Crippen LogP contribution in [0.5, 0.6) is 11.8 Å². The minimum absolute atomic E-state index is 0.00827. The van der Waals surface area contributed by atoms with Crippen LogP contribution in [0.4, 0.5) is 43.5 Å². The molecule has 0 spiro atoms. The summed E-state index contributed by atoms with van der Waals surface area (Å²) in [4.78, 5) is 52.0. The van der Waals surface area contributed by atoms with Gasteiger partial charge in [0.15, 0.2) is 0 Å². The number of nitrogen functional groups attached to an aromatic ring is 1. The van der Waals surface area contributed by atoms with Crippen molar-refractivity contribution < 1.29 is 45.4 Å². The van der Waals surface area contributed by atoms with E-state index in [9.17, 15) is 35.9 Å². The Morgan fingerprint density at radius 1 is 0.576 bits per heavy atom. The Bertz CT molecular complexity index is 2880. The van der Waals surface area contributed by atoms with Gasteiger partial charge in [0.1, 0.15) is 59.4 Å². The molecule has 2 N–H and O–H groups in total. The topological polar surface area (TPSA) is 172 Å². The molecule has 0 radical (unpaired) electrons. The molecule has 338 valence electrons. The van der Waals surface area contributed by atoms with E-state index in [1.54, 1.807) is 57.9 Å². The fraction of sp³-hybridized carbons (Fsp3) is 0.182. The first-order valence-corrected chi connectivity index (χ1v) is 20.3. The SMILES string of the molecule is CC.Nc1ncnc2c1C(=O)N(c1ccc3c(ccn3-c3ccc(C(F)(F)F)nc3)c1)CCO2.O=C1c2c(Cl)ncnc2OCCN1c1ccc2c(ccn2-c2ccc(C(F)(F)F)nc2)c1. The number of hydrogen-bond acceptors (Lipinski definition) is 11. The van der Waals surface area contributed by atoms with E-state index in [-0.39, 0.29) is 72.0 Å². The number of nitrogens with zero attached hydrogens (tertiary/aromatic N) is 10. The van der Waals surface area contributed by atoms with Crippen LogP contribution in [-0.2, 0) is 12.4 Å². The Morgan fingerprint density at radius 3 is 1.47 bits per heavy atom. The maximum atomic E-state index is 13.1. The molecule has 15 nitrogen and oxygen atoms in total. The van der Waals surface area contributed by atoms with Crippen LogP contribution in [0.1, 0.15) is 46.0 Å². The van der Waals surface area contributed by atoms with Gasteiger partial charge in [0.05, 0.1) is 47.9 Å². The number of hydrogen-bond donors (Lipinski definition) is 1. The lowest BCUT2D eigenvalue weighted by Crippen LogP contribution is -2.32. The van der Waals surface area contributed by atoms with Gasteiger partial charge in [-0.15, -0.1) is 0 Å². The zero-order chi connectivity index (χ0) is 46.9. The second-order valence-electron chi connectivity index (χ2n) is 14.1. The number of benzene rings is 2. The summed E-state index contributed by atoms with van der Waals surface area (Å²) in [6.07, 6.45) is -0.725. The average molecular weight is 930 g/mol. The highest BCUT2D eigenvalue weighted by atomic mass is 35.5. The minimum Gasteiger partial charge on any atom is -0.475 e. The molecule has 66 heavy (non-hydrogen) atoms. The molecule has 8 aromatic rings. The van der Waals surface area contributed by atoms with Crippen molar-refractivity contribution in [1.29, 1.82) is 0 Å². The van der Waals surface area contributed by atoms with Crippen molar-refractivity contribution in [3.63, 3.8) is 0 Å². The number of carbonyl (C=O) groups is 2. The van der Waals surface area contributed by atoms with Crippen LogP contribution in [0.15, 0.2) is 110 Å². The van der Waals surface area contributed by atoms with Gasteiger partial charge in [-0.3, -0.25) is 9.59 Å². The van der Waals surface area contributed by atoms with Gasteiger partial charge < -0.3 is 34.1 Å². The predicted octanol–water partition coefficient (Wildman–Crippen LogP) is 9.01. The third kappa shape index (κ3) is 8.71. The molecule has 0 bridgehead atoms. The van der Waals surface area contributed by atoms with Gasteiger partial charge in [-0.1, -0.05) is 25.4 Å². The van der Waals surface area contributed by atoms with E-state index in [1.165, 1.54) is 47.0 Å². The highest BCUT2D eigenvalue weighted by Gasteiger charge is 2.34. The molecule has 10 rings (SSSR count). The number of fused-ring (bicyclic) bond motifs is 4. The zero-order valence-electron chi connectivity index (χ0n) is 34.5. The molecule has 0 fully saturated rings. The molecule has 0 saturated heterocycles. The van der Waals surface area contributed by atoms with Crippen molar-refractivity contribution in [2.75, 3.05) is 41.8 Å². The molecule has 0 saturated carbocycles. The van der Waals surface area contributed by atoms with Crippen LogP contribution >= 0.6 is 11.6 Å². The quantitative estimate of drug-likeness (QED) is 0.132. The van der Waals surface area contributed by atoms with Gasteiger partial charge >= 0.3 is 12.4 Å². The number of aromatic nitrogens is 8. The molecule has 0 unspecified atom stereocenters. The molecule has 0 atom stereocenters. The van der Waals surface area contributed by atoms with Crippen LogP contribution < -0.4 is 25.0 Å². The summed E-state index contributed by atoms with van der Waals surface area (Å²) < 4.78 is 91.3. The number of nitrogens with two attached hydrogens (primary N) is 1. The molecular weight excluding hydrogens is 896 g/mol. The van der Waals surface area contributed by atoms with Crippen molar-refractivity contribution in [2.45, 2.75) is 26.2 Å². The number of amides is 2. The smallest absolute Gasteiger partial charge is 0.433 e. The Morgan fingerprint density at radius 2 is 1.02 bits per heavy atom. The summed E-state index contributed by atoms with van der Waals surface area (Å²) in [7, 11) is 0. The van der Waals surface area contributed by atoms with Crippen molar-refractivity contribution >= 4 is 62.4 Å². The summed E-state index contributed by atoms with van der Waals surface area (Å²) in [5, 5.41) is 1.59. The van der Waals surface area contributed by atoms with Gasteiger partial charge in [-0.25, -0.2) is 29.9 Å². The Kier molecular flexibility index (Phi) is 12.2. The third-order valence-corrected chi connectivity index (χ3v) is 10.5. The van der Waals surface area contributed by atoms with Crippen molar-refractivity contribution in [2.24, 2.45) is 0 Å². The number of pyridine rings is 2. The molecule has 6 aromatic heterocycles. The number of ether oxygens (including phenoxy) is 2. The van der Waals surface area contributed by atoms with Gasteiger partial charge in [-0.2, -0.15) is 26.3 Å². The van der Waals surface area contributed by atoms with E-state index in [4.69, 9.17) is 26.8 Å². The van der Waals surface area contributed by atoms with Crippen molar-refractivity contribution in [1.82, 2.24) is 39.0 Å². The van der Waals surface area contributed by atoms with Crippen LogP contribution in [0.2, 0.25) is 5.15 Å². The standard InChI is InChI=1S/C21H13ClF3N5O2.C21H15F3N6O2.C2H6/c22-18-17-19(28-11-27-18)32-8-7-30(20(17)31)13-1-3-15-12(9-13)5-6-29(15)14-2-4-16(26-10-14)21(23,24)25;22-21(23,24)16-4-2-14(10-26-16)29-6-5-12-9-13(1-3-15(12)29)30-7-8-32-19-17(20(30)31)18(25)27-11-28-19;1-2/h1-6,9-11H,7-8H2;1-6,9-11H,7-8H2,(H2,25,27,28);1-2H3. The van der Waals surface area contributed by atoms with E-state index >= 15 is 0 Å². The fourth-order valence-electron chi connectivity index (χ4n) is 7.20. The van der Waals surface area contributed by atoms with E-state index in [0.29, 0.717) is 22.7 Å². The Labute approximate surface area is 375 Å². The number of alkyl halides is 6. The summed E-state index contributed by atoms with van der Waals surface area (Å²) in [6, 6.07) is 18.9. The van der Waals surface area contributed by atoms with E-state index in [2.05, 4.69) is 29.9 Å². The molecule has 2 aliphatic heterocycles. The lowest BCUT2D eigenvalue weighted by molar-refractivity contribution is -0.141. The summed E-state index contributed by atoms with van der Waals surface area (Å²) in [5.74, 6) is -0.435. The summed E-state index contributed by atoms with van der Waals surface area (Å²) >= 11 is 6.11. The summed E-state index contributed by atoms with van der Waals surface area (Å²) in [5.41, 5.74) is 7.87. The van der Waals surface area contributed by atoms with Gasteiger partial charge in [0, 0.05) is 34.5 Å². The molecule has 2 amide bonds. The van der Waals surface area contributed by atoms with E-state index in [0.717, 1.165) is 33.9 Å². The number of halogens is 7. The molecule has 2 aliphatic rings. The number of carbonyl (C=O) groups excluding carboxylic acids is 2. The lowest BCUT2D eigenvalue weighted by atomic mass is 10.2. The maximum absolute atomic E-state index is 13.1. The first-order valence-electron chi connectivity index (χ1n) is 20.0. The number of anilines is 3. The van der Waals surface area contributed by atoms with Crippen LogP contribution in [-0.4, -0.2) is 77.2 Å². The van der Waals surface area contributed by atoms with Gasteiger partial charge in [-0.05, 0) is 72.8 Å². The van der Waals surface area contributed by atoms with Crippen LogP contribution in [0, 0.1) is 0 Å². The van der Waals surface area contributed by atoms with E-state index < -0.39 is 23.7 Å².